The number of hydrogen-bond acceptors (Lipinski definition) is 4. The van der Waals surface area contributed by atoms with Crippen LogP contribution >= 0.6 is 0 Å². The maximum absolute atomic E-state index is 9.43. The van der Waals surface area contributed by atoms with Gasteiger partial charge in [0.2, 0.25) is 0 Å². The van der Waals surface area contributed by atoms with E-state index in [1.807, 2.05) is 0 Å². The van der Waals surface area contributed by atoms with Crippen LogP contribution in [0.3, 0.4) is 0 Å². The summed E-state index contributed by atoms with van der Waals surface area (Å²) in [6.07, 6.45) is -0.806. The zero-order valence-electron chi connectivity index (χ0n) is 17.3. The van der Waals surface area contributed by atoms with E-state index in [1.54, 1.807) is 0 Å². The fraction of sp³-hybridized carbons (Fsp3) is 0.0667. The molecule has 0 bridgehead atoms. The molecule has 27 heavy (non-hydrogen) atoms. The fourth-order valence-corrected chi connectivity index (χ4v) is 0.129. The SMILES string of the molecule is O=C(O)CC(=O)O.[CH2-]C(=O)O.[CH2-]C(=O)O.[CH3-].[CH3-].[CH3-].[CH3-].[CH3-].[CH3-].[CH3-].[CH3-].[Pt+4].[Pt+4].[Y].[Y]. The van der Waals surface area contributed by atoms with Gasteiger partial charge in [-0.1, -0.05) is 0 Å². The molecule has 2 radical (unpaired) electrons. The van der Waals surface area contributed by atoms with Crippen molar-refractivity contribution in [3.8, 4) is 0 Å². The molecule has 0 unspecified atom stereocenters. The van der Waals surface area contributed by atoms with E-state index in [-0.39, 0.29) is 167 Å². The molecule has 0 fully saturated rings. The normalized spacial score (nSPS) is 3.85. The molecule has 12 heteroatoms. The smallest absolute Gasteiger partial charge is 0.503 e. The average Bonchev–Trinajstić information content (AvgIpc) is 1.78. The molecule has 0 aliphatic rings. The van der Waals surface area contributed by atoms with Gasteiger partial charge in [0, 0.05) is 65.4 Å². The van der Waals surface area contributed by atoms with E-state index in [9.17, 15) is 9.59 Å². The Bertz CT molecular complexity index is 226. The third-order valence-corrected chi connectivity index (χ3v) is 0.302. The van der Waals surface area contributed by atoms with Crippen LogP contribution in [-0.4, -0.2) is 44.3 Å². The Balaban J connectivity index is -0.00000000518. The monoisotopic (exact) mass is 910 g/mol. The summed E-state index contributed by atoms with van der Waals surface area (Å²) in [5.41, 5.74) is 0. The standard InChI is InChI=1S/C3H4O4.2C2H3O2.8CH3.2Pt.2Y/c4-2(5)1-3(6)7;2*1-2(3)4;;;;;;;;;;;;/h1H2,(H,4,5)(H,6,7);2*1H2,(H,3,4);8*1H3;;;;/q;10*-1;2*+4;;. The first kappa shape index (κ1) is 120. The van der Waals surface area contributed by atoms with Crippen molar-refractivity contribution >= 4 is 23.9 Å². The Morgan fingerprint density at radius 2 is 0.593 bits per heavy atom. The number of aliphatic carboxylic acids is 4. The maximum atomic E-state index is 9.43. The molecule has 0 aliphatic heterocycles. The van der Waals surface area contributed by atoms with Gasteiger partial charge >= 0.3 is 54.1 Å². The second kappa shape index (κ2) is 92.6. The predicted molar refractivity (Wildman–Crippen MR) is 97.2 cm³/mol. The molecule has 0 aromatic heterocycles. The predicted octanol–water partition coefficient (Wildman–Crippen LogP) is 2.95. The van der Waals surface area contributed by atoms with E-state index < -0.39 is 30.3 Å². The van der Waals surface area contributed by atoms with Crippen molar-refractivity contribution in [1.82, 2.24) is 0 Å². The average molecular weight is 910 g/mol. The summed E-state index contributed by atoms with van der Waals surface area (Å²) in [5.74, 6) is -4.79. The molecule has 0 amide bonds. The van der Waals surface area contributed by atoms with Crippen LogP contribution < -0.4 is 0 Å². The number of hydrogen-bond donors (Lipinski definition) is 4. The molecule has 0 aliphatic carbocycles. The van der Waals surface area contributed by atoms with Gasteiger partial charge in [0.25, 0.3) is 0 Å². The fourth-order valence-electron chi connectivity index (χ4n) is 0.129. The zero-order valence-corrected chi connectivity index (χ0v) is 27.6. The molecule has 8 nitrogen and oxygen atoms in total. The first-order valence-electron chi connectivity index (χ1n) is 3.13. The van der Waals surface area contributed by atoms with Gasteiger partial charge in [0.1, 0.15) is 6.42 Å². The van der Waals surface area contributed by atoms with Crippen molar-refractivity contribution in [1.29, 1.82) is 0 Å². The van der Waals surface area contributed by atoms with Crippen LogP contribution in [0.15, 0.2) is 0 Å². The molecule has 4 N–H and O–H groups in total. The Kier molecular flexibility index (Phi) is 411. The Labute approximate surface area is 247 Å². The Morgan fingerprint density at radius 1 is 0.519 bits per heavy atom. The molecule has 0 heterocycles. The number of carboxylic acids is 4. The third-order valence-electron chi connectivity index (χ3n) is 0.302. The first-order valence-corrected chi connectivity index (χ1v) is 3.13. The second-order valence-corrected chi connectivity index (χ2v) is 1.75. The van der Waals surface area contributed by atoms with Gasteiger partial charge in [-0.05, 0) is 0 Å². The van der Waals surface area contributed by atoms with Crippen LogP contribution in [0.5, 0.6) is 0 Å². The summed E-state index contributed by atoms with van der Waals surface area (Å²) >= 11 is 0. The van der Waals surface area contributed by atoms with Crippen LogP contribution in [0.25, 0.3) is 0 Å². The van der Waals surface area contributed by atoms with E-state index in [4.69, 9.17) is 30.0 Å². The molecule has 170 valence electrons. The Morgan fingerprint density at radius 3 is 0.593 bits per heavy atom. The van der Waals surface area contributed by atoms with Crippen molar-refractivity contribution in [2.75, 3.05) is 0 Å². The summed E-state index contributed by atoms with van der Waals surface area (Å²) in [7, 11) is 0. The zero-order chi connectivity index (χ0) is 13.0. The van der Waals surface area contributed by atoms with Crippen molar-refractivity contribution < 1.29 is 147 Å². The second-order valence-electron chi connectivity index (χ2n) is 1.75. The maximum Gasteiger partial charge on any atom is 4.00 e. The summed E-state index contributed by atoms with van der Waals surface area (Å²) in [4.78, 5) is 36.6. The molecular weight excluding hydrogens is 876 g/mol. The van der Waals surface area contributed by atoms with Crippen LogP contribution in [0.1, 0.15) is 6.42 Å². The quantitative estimate of drug-likeness (QED) is 0.245. The molecule has 0 aromatic carbocycles. The first-order chi connectivity index (χ1) is 6.59. The van der Waals surface area contributed by atoms with Crippen LogP contribution in [-0.2, 0) is 127 Å². The van der Waals surface area contributed by atoms with Crippen molar-refractivity contribution in [2.24, 2.45) is 0 Å². The number of rotatable bonds is 2. The van der Waals surface area contributed by atoms with E-state index >= 15 is 0 Å². The summed E-state index contributed by atoms with van der Waals surface area (Å²) in [5, 5.41) is 30.0. The number of carboxylic acid groups (broad SMARTS) is 4. The van der Waals surface area contributed by atoms with E-state index in [0.717, 1.165) is 0 Å². The minimum Gasteiger partial charge on any atom is -0.503 e. The van der Waals surface area contributed by atoms with Gasteiger partial charge in [0.05, 0.1) is 0 Å². The molecule has 0 saturated heterocycles. The topological polar surface area (TPSA) is 149 Å². The van der Waals surface area contributed by atoms with Crippen molar-refractivity contribution in [3.63, 3.8) is 0 Å². The molecule has 0 saturated carbocycles. The summed E-state index contributed by atoms with van der Waals surface area (Å²) < 4.78 is 0. The van der Waals surface area contributed by atoms with Gasteiger partial charge < -0.3 is 79.8 Å². The van der Waals surface area contributed by atoms with Gasteiger partial charge in [-0.2, -0.15) is 0 Å². The van der Waals surface area contributed by atoms with Gasteiger partial charge in [-0.3, -0.25) is 33.0 Å². The minimum absolute atomic E-state index is 0. The summed E-state index contributed by atoms with van der Waals surface area (Å²) in [6.45, 7) is 5.11. The van der Waals surface area contributed by atoms with Gasteiger partial charge in [-0.15, -0.1) is 0 Å². The molecular formula is C15H34O8Pt2Y2-2. The van der Waals surface area contributed by atoms with Crippen LogP contribution in [0.2, 0.25) is 0 Å². The largest absolute Gasteiger partial charge is 4.00 e. The Hall–Kier alpha value is 1.20. The van der Waals surface area contributed by atoms with Gasteiger partial charge in [-0.25, -0.2) is 0 Å². The van der Waals surface area contributed by atoms with Crippen LogP contribution in [0, 0.1) is 73.3 Å². The van der Waals surface area contributed by atoms with Gasteiger partial charge in [0.15, 0.2) is 11.9 Å². The minimum atomic E-state index is -1.31. The summed E-state index contributed by atoms with van der Waals surface area (Å²) in [6, 6.07) is 0. The van der Waals surface area contributed by atoms with E-state index in [1.165, 1.54) is 0 Å². The molecule has 0 spiro atoms. The number of carbonyl (C=O) groups is 4. The van der Waals surface area contributed by atoms with Crippen molar-refractivity contribution in [3.05, 3.63) is 73.3 Å². The molecule has 0 aromatic rings. The molecule has 0 rings (SSSR count). The van der Waals surface area contributed by atoms with Crippen LogP contribution in [0.4, 0.5) is 0 Å². The third kappa shape index (κ3) is 638. The van der Waals surface area contributed by atoms with E-state index in [2.05, 4.69) is 13.8 Å². The van der Waals surface area contributed by atoms with E-state index in [0.29, 0.717) is 0 Å². The van der Waals surface area contributed by atoms with Crippen molar-refractivity contribution in [2.45, 2.75) is 6.42 Å². The molecule has 0 atom stereocenters.